The van der Waals surface area contributed by atoms with Gasteiger partial charge in [-0.1, -0.05) is 18.2 Å². The highest BCUT2D eigenvalue weighted by Gasteiger charge is 2.18. The Morgan fingerprint density at radius 3 is 2.93 bits per heavy atom. The molecule has 0 aliphatic carbocycles. The molecule has 6 heteroatoms. The zero-order valence-corrected chi connectivity index (χ0v) is 16.9. The lowest BCUT2D eigenvalue weighted by Crippen LogP contribution is -2.21. The number of imidazole rings is 1. The van der Waals surface area contributed by atoms with Crippen LogP contribution in [0.2, 0.25) is 0 Å². The molecule has 0 aliphatic rings. The molecule has 1 aromatic carbocycles. The molecule has 28 heavy (non-hydrogen) atoms. The molecular weight excluding hydrogens is 370 g/mol. The fraction of sp³-hybridized carbons (Fsp3) is 0.273. The van der Waals surface area contributed by atoms with Crippen LogP contribution >= 0.6 is 11.3 Å². The van der Waals surface area contributed by atoms with Crippen molar-refractivity contribution in [2.24, 2.45) is 0 Å². The van der Waals surface area contributed by atoms with Gasteiger partial charge in [-0.3, -0.25) is 4.79 Å². The lowest BCUT2D eigenvalue weighted by atomic mass is 10.0. The number of rotatable bonds is 7. The van der Waals surface area contributed by atoms with Crippen molar-refractivity contribution in [2.45, 2.75) is 26.2 Å². The van der Waals surface area contributed by atoms with Gasteiger partial charge < -0.3 is 14.4 Å². The van der Waals surface area contributed by atoms with Gasteiger partial charge in [0.2, 0.25) is 0 Å². The van der Waals surface area contributed by atoms with Gasteiger partial charge >= 0.3 is 5.97 Å². The van der Waals surface area contributed by atoms with E-state index in [4.69, 9.17) is 10.1 Å². The number of thiophene rings is 1. The third kappa shape index (κ3) is 3.47. The van der Waals surface area contributed by atoms with Crippen molar-refractivity contribution < 1.29 is 9.90 Å². The van der Waals surface area contributed by atoms with Gasteiger partial charge in [0.15, 0.2) is 5.82 Å². The van der Waals surface area contributed by atoms with E-state index < -0.39 is 5.97 Å². The molecule has 0 bridgehead atoms. The Hall–Kier alpha value is -2.86. The van der Waals surface area contributed by atoms with Gasteiger partial charge in [0, 0.05) is 37.3 Å². The number of nitrogens with zero attached hydrogens (tertiary/aromatic N) is 3. The van der Waals surface area contributed by atoms with Gasteiger partial charge in [-0.2, -0.15) is 0 Å². The van der Waals surface area contributed by atoms with E-state index >= 15 is 0 Å². The molecule has 3 aromatic heterocycles. The van der Waals surface area contributed by atoms with E-state index in [0.29, 0.717) is 13.0 Å². The predicted octanol–water partition coefficient (Wildman–Crippen LogP) is 4.75. The van der Waals surface area contributed by atoms with Gasteiger partial charge in [0.25, 0.3) is 0 Å². The first-order chi connectivity index (χ1) is 13.5. The van der Waals surface area contributed by atoms with Crippen LogP contribution in [0, 0.1) is 6.92 Å². The molecule has 0 unspecified atom stereocenters. The van der Waals surface area contributed by atoms with E-state index in [2.05, 4.69) is 39.8 Å². The molecule has 1 N–H and O–H groups in total. The Morgan fingerprint density at radius 2 is 2.11 bits per heavy atom. The van der Waals surface area contributed by atoms with Crippen molar-refractivity contribution in [1.29, 1.82) is 0 Å². The minimum absolute atomic E-state index is 0.168. The summed E-state index contributed by atoms with van der Waals surface area (Å²) in [4.78, 5) is 17.8. The number of carbonyl (C=O) groups is 1. The van der Waals surface area contributed by atoms with Crippen LogP contribution in [-0.2, 0) is 11.2 Å². The Labute approximate surface area is 167 Å². The van der Waals surface area contributed by atoms with Crippen LogP contribution in [0.15, 0.2) is 48.0 Å². The summed E-state index contributed by atoms with van der Waals surface area (Å²) in [5.74, 6) is 0.161. The van der Waals surface area contributed by atoms with E-state index in [1.807, 2.05) is 31.4 Å². The predicted molar refractivity (Wildman–Crippen MR) is 115 cm³/mol. The van der Waals surface area contributed by atoms with Crippen LogP contribution in [0.5, 0.6) is 0 Å². The summed E-state index contributed by atoms with van der Waals surface area (Å²) in [6, 6.07) is 12.5. The molecule has 0 amide bonds. The van der Waals surface area contributed by atoms with Gasteiger partial charge in [0.05, 0.1) is 5.69 Å². The zero-order valence-electron chi connectivity index (χ0n) is 16.1. The second-order valence-corrected chi connectivity index (χ2v) is 8.03. The number of hydrogen-bond donors (Lipinski definition) is 1. The second-order valence-electron chi connectivity index (χ2n) is 7.12. The van der Waals surface area contributed by atoms with Crippen LogP contribution in [0.4, 0.5) is 5.82 Å². The highest BCUT2D eigenvalue weighted by atomic mass is 32.1. The summed E-state index contributed by atoms with van der Waals surface area (Å²) in [6.07, 6.45) is 3.60. The molecule has 4 aromatic rings. The van der Waals surface area contributed by atoms with Gasteiger partial charge in [-0.15, -0.1) is 11.3 Å². The normalized spacial score (nSPS) is 11.4. The quantitative estimate of drug-likeness (QED) is 0.492. The molecule has 144 valence electrons. The lowest BCUT2D eigenvalue weighted by molar-refractivity contribution is -0.137. The molecule has 0 saturated carbocycles. The van der Waals surface area contributed by atoms with Crippen LogP contribution in [0.1, 0.15) is 29.7 Å². The van der Waals surface area contributed by atoms with Crippen molar-refractivity contribution >= 4 is 38.9 Å². The van der Waals surface area contributed by atoms with E-state index in [1.165, 1.54) is 21.2 Å². The number of aryl methyl sites for hydroxylation is 1. The Morgan fingerprint density at radius 1 is 1.25 bits per heavy atom. The van der Waals surface area contributed by atoms with Crippen LogP contribution in [0.3, 0.4) is 0 Å². The van der Waals surface area contributed by atoms with E-state index in [9.17, 15) is 4.79 Å². The van der Waals surface area contributed by atoms with E-state index in [-0.39, 0.29) is 6.42 Å². The number of anilines is 1. The molecule has 0 saturated heterocycles. The number of aromatic nitrogens is 2. The molecule has 0 radical (unpaired) electrons. The fourth-order valence-corrected chi connectivity index (χ4v) is 4.77. The molecule has 4 rings (SSSR count). The second kappa shape index (κ2) is 7.64. The minimum atomic E-state index is -0.760. The maximum atomic E-state index is 10.9. The lowest BCUT2D eigenvalue weighted by Gasteiger charge is -2.18. The molecule has 0 atom stereocenters. The molecule has 0 fully saturated rings. The van der Waals surface area contributed by atoms with Crippen molar-refractivity contribution in [2.75, 3.05) is 18.5 Å². The Bertz CT molecular complexity index is 1150. The number of benzene rings is 1. The maximum absolute atomic E-state index is 10.9. The van der Waals surface area contributed by atoms with Crippen LogP contribution in [0.25, 0.3) is 15.7 Å². The number of carboxylic acid groups (broad SMARTS) is 1. The summed E-state index contributed by atoms with van der Waals surface area (Å²) in [7, 11) is 1.99. The van der Waals surface area contributed by atoms with Crippen molar-refractivity contribution in [3.8, 4) is 0 Å². The van der Waals surface area contributed by atoms with Gasteiger partial charge in [-0.05, 0) is 53.4 Å². The molecule has 5 nitrogen and oxygen atoms in total. The summed E-state index contributed by atoms with van der Waals surface area (Å²) in [5, 5.41) is 12.5. The molecule has 3 heterocycles. The highest BCUT2D eigenvalue weighted by molar-refractivity contribution is 7.17. The third-order valence-corrected chi connectivity index (χ3v) is 6.09. The highest BCUT2D eigenvalue weighted by Crippen LogP contribution is 2.32. The standard InChI is InChI=1S/C22H23N3O2S/c1-15-7-5-8-18-21(15)16(14-28-18)13-17-22(24(2)11-6-10-20(26)27)23-19-9-3-4-12-25(17)19/h3-5,7-9,12,14H,6,10-11,13H2,1-2H3,(H,26,27). The monoisotopic (exact) mass is 393 g/mol. The minimum Gasteiger partial charge on any atom is -0.481 e. The summed E-state index contributed by atoms with van der Waals surface area (Å²) in [5.41, 5.74) is 4.65. The molecular formula is C22H23N3O2S. The van der Waals surface area contributed by atoms with Crippen LogP contribution in [-0.4, -0.2) is 34.1 Å². The number of fused-ring (bicyclic) bond motifs is 2. The molecule has 0 spiro atoms. The summed E-state index contributed by atoms with van der Waals surface area (Å²) < 4.78 is 3.45. The number of pyridine rings is 1. The summed E-state index contributed by atoms with van der Waals surface area (Å²) in [6.45, 7) is 2.82. The number of hydrogen-bond acceptors (Lipinski definition) is 4. The Kier molecular flexibility index (Phi) is 5.05. The fourth-order valence-electron chi connectivity index (χ4n) is 3.73. The maximum Gasteiger partial charge on any atom is 0.303 e. The van der Waals surface area contributed by atoms with E-state index in [0.717, 1.165) is 23.6 Å². The SMILES string of the molecule is Cc1cccc2scc(Cc3c(N(C)CCCC(=O)O)nc4ccccn34)c12. The summed E-state index contributed by atoms with van der Waals surface area (Å²) >= 11 is 1.78. The number of aliphatic carboxylic acids is 1. The van der Waals surface area contributed by atoms with Crippen molar-refractivity contribution in [1.82, 2.24) is 9.38 Å². The third-order valence-electron chi connectivity index (χ3n) is 5.10. The average Bonchev–Trinajstić information content (AvgIpc) is 3.25. The average molecular weight is 394 g/mol. The van der Waals surface area contributed by atoms with E-state index in [1.54, 1.807) is 11.3 Å². The first-order valence-electron chi connectivity index (χ1n) is 9.39. The van der Waals surface area contributed by atoms with Crippen LogP contribution < -0.4 is 4.90 Å². The smallest absolute Gasteiger partial charge is 0.303 e. The van der Waals surface area contributed by atoms with Gasteiger partial charge in [0.1, 0.15) is 5.65 Å². The van der Waals surface area contributed by atoms with Crippen molar-refractivity contribution in [3.05, 3.63) is 64.8 Å². The molecule has 0 aliphatic heterocycles. The van der Waals surface area contributed by atoms with Gasteiger partial charge in [-0.25, -0.2) is 4.98 Å². The topological polar surface area (TPSA) is 57.8 Å². The zero-order chi connectivity index (χ0) is 19.7. The Balaban J connectivity index is 1.73. The first kappa shape index (κ1) is 18.5. The largest absolute Gasteiger partial charge is 0.481 e. The number of carboxylic acids is 1. The first-order valence-corrected chi connectivity index (χ1v) is 10.3. The van der Waals surface area contributed by atoms with Crippen molar-refractivity contribution in [3.63, 3.8) is 0 Å².